The molecule has 1 saturated heterocycles. The van der Waals surface area contributed by atoms with Crippen molar-refractivity contribution < 1.29 is 22.3 Å². The van der Waals surface area contributed by atoms with Crippen LogP contribution in [0.3, 0.4) is 0 Å². The molecule has 3 aromatic rings. The Bertz CT molecular complexity index is 1230. The van der Waals surface area contributed by atoms with Crippen molar-refractivity contribution in [3.05, 3.63) is 53.8 Å². The summed E-state index contributed by atoms with van der Waals surface area (Å²) in [5.74, 6) is -0.723. The van der Waals surface area contributed by atoms with Gasteiger partial charge in [0.15, 0.2) is 0 Å². The average Bonchev–Trinajstić information content (AvgIpc) is 3.24. The van der Waals surface area contributed by atoms with Gasteiger partial charge in [0.25, 0.3) is 0 Å². The number of piperidine rings is 1. The van der Waals surface area contributed by atoms with Gasteiger partial charge in [0.05, 0.1) is 23.6 Å². The van der Waals surface area contributed by atoms with Crippen LogP contribution in [0.15, 0.2) is 47.4 Å². The van der Waals surface area contributed by atoms with Crippen molar-refractivity contribution in [2.45, 2.75) is 43.3 Å². The van der Waals surface area contributed by atoms with Crippen LogP contribution >= 0.6 is 0 Å². The molecule has 2 heterocycles. The minimum atomic E-state index is -3.92. The zero-order valence-electron chi connectivity index (χ0n) is 18.3. The molecule has 0 unspecified atom stereocenters. The van der Waals surface area contributed by atoms with Crippen molar-refractivity contribution in [1.29, 1.82) is 0 Å². The fourth-order valence-corrected chi connectivity index (χ4v) is 5.63. The summed E-state index contributed by atoms with van der Waals surface area (Å²) < 4.78 is 48.0. The maximum atomic E-state index is 13.5. The number of hydrogen-bond acceptors (Lipinski definition) is 6. The van der Waals surface area contributed by atoms with Gasteiger partial charge in [-0.2, -0.15) is 4.31 Å². The molecular formula is C22H26FN5O4S. The van der Waals surface area contributed by atoms with E-state index in [4.69, 9.17) is 4.74 Å². The summed E-state index contributed by atoms with van der Waals surface area (Å²) in [6.45, 7) is 1.41. The summed E-state index contributed by atoms with van der Waals surface area (Å²) in [7, 11) is -2.33. The Kier molecular flexibility index (Phi) is 7.01. The Labute approximate surface area is 191 Å². The van der Waals surface area contributed by atoms with Crippen LogP contribution in [0.25, 0.3) is 11.0 Å². The fraction of sp³-hybridized carbons (Fsp3) is 0.409. The minimum absolute atomic E-state index is 0.0760. The quantitative estimate of drug-likeness (QED) is 0.535. The number of carbonyl (C=O) groups excluding carboxylic acids is 1. The number of nitrogens with zero attached hydrogens (tertiary/aromatic N) is 4. The first-order valence-corrected chi connectivity index (χ1v) is 12.2. The lowest BCUT2D eigenvalue weighted by molar-refractivity contribution is -0.125. The van der Waals surface area contributed by atoms with E-state index in [1.54, 1.807) is 30.0 Å². The maximum absolute atomic E-state index is 13.5. The van der Waals surface area contributed by atoms with E-state index in [9.17, 15) is 17.6 Å². The standard InChI is InChI=1S/C22H26FN5O4S/c1-32-13-12-27-20-10-9-18(14-19(20)25-26-27)33(30,31)28-11-3-2-4-21(28)22(29)24-15-16-5-7-17(23)8-6-16/h5-10,14,21H,2-4,11-13,15H2,1H3,(H,24,29)/t21-/m0/s1. The predicted octanol–water partition coefficient (Wildman–Crippen LogP) is 2.08. The highest BCUT2D eigenvalue weighted by molar-refractivity contribution is 7.89. The van der Waals surface area contributed by atoms with E-state index in [0.29, 0.717) is 37.0 Å². The van der Waals surface area contributed by atoms with Crippen molar-refractivity contribution in [2.24, 2.45) is 0 Å². The predicted molar refractivity (Wildman–Crippen MR) is 119 cm³/mol. The molecule has 1 fully saturated rings. The topological polar surface area (TPSA) is 106 Å². The summed E-state index contributed by atoms with van der Waals surface area (Å²) in [6, 6.07) is 9.68. The zero-order valence-corrected chi connectivity index (χ0v) is 19.1. The Morgan fingerprint density at radius 1 is 1.21 bits per heavy atom. The van der Waals surface area contributed by atoms with Gasteiger partial charge in [-0.1, -0.05) is 23.8 Å². The number of rotatable bonds is 8. The second kappa shape index (κ2) is 9.94. The Hall–Kier alpha value is -2.89. The summed E-state index contributed by atoms with van der Waals surface area (Å²) >= 11 is 0. The first-order chi connectivity index (χ1) is 15.9. The minimum Gasteiger partial charge on any atom is -0.383 e. The molecular weight excluding hydrogens is 449 g/mol. The monoisotopic (exact) mass is 475 g/mol. The fourth-order valence-electron chi connectivity index (χ4n) is 3.95. The van der Waals surface area contributed by atoms with Gasteiger partial charge < -0.3 is 10.1 Å². The SMILES string of the molecule is COCCn1nnc2cc(S(=O)(=O)N3CCCC[C@H]3C(=O)NCc3ccc(F)cc3)ccc21. The lowest BCUT2D eigenvalue weighted by Gasteiger charge is -2.33. The van der Waals surface area contributed by atoms with Gasteiger partial charge in [0.2, 0.25) is 15.9 Å². The van der Waals surface area contributed by atoms with E-state index < -0.39 is 16.1 Å². The summed E-state index contributed by atoms with van der Waals surface area (Å²) in [5.41, 5.74) is 1.90. The molecule has 0 saturated carbocycles. The lowest BCUT2D eigenvalue weighted by atomic mass is 10.0. The van der Waals surface area contributed by atoms with Crippen LogP contribution in [0, 0.1) is 5.82 Å². The van der Waals surface area contributed by atoms with E-state index in [0.717, 1.165) is 12.0 Å². The van der Waals surface area contributed by atoms with Gasteiger partial charge in [-0.05, 0) is 48.7 Å². The molecule has 1 N–H and O–H groups in total. The number of methoxy groups -OCH3 is 1. The third kappa shape index (κ3) is 5.05. The van der Waals surface area contributed by atoms with Crippen LogP contribution in [-0.4, -0.2) is 59.9 Å². The second-order valence-electron chi connectivity index (χ2n) is 7.93. The molecule has 0 bridgehead atoms. The number of halogens is 1. The van der Waals surface area contributed by atoms with Crippen LogP contribution in [0.4, 0.5) is 4.39 Å². The van der Waals surface area contributed by atoms with Crippen molar-refractivity contribution in [1.82, 2.24) is 24.6 Å². The van der Waals surface area contributed by atoms with Gasteiger partial charge >= 0.3 is 0 Å². The number of nitrogens with one attached hydrogen (secondary N) is 1. The molecule has 1 aromatic heterocycles. The maximum Gasteiger partial charge on any atom is 0.243 e. The molecule has 1 aliphatic heterocycles. The number of hydrogen-bond donors (Lipinski definition) is 1. The molecule has 1 aliphatic rings. The van der Waals surface area contributed by atoms with Gasteiger partial charge in [0, 0.05) is 20.2 Å². The Balaban J connectivity index is 1.53. The van der Waals surface area contributed by atoms with Crippen LogP contribution in [0.5, 0.6) is 0 Å². The third-order valence-electron chi connectivity index (χ3n) is 5.74. The molecule has 33 heavy (non-hydrogen) atoms. The molecule has 1 atom stereocenters. The van der Waals surface area contributed by atoms with Crippen LogP contribution in [0.2, 0.25) is 0 Å². The van der Waals surface area contributed by atoms with Gasteiger partial charge in [-0.15, -0.1) is 5.10 Å². The van der Waals surface area contributed by atoms with E-state index in [2.05, 4.69) is 15.6 Å². The number of fused-ring (bicyclic) bond motifs is 1. The van der Waals surface area contributed by atoms with Gasteiger partial charge in [-0.25, -0.2) is 17.5 Å². The molecule has 176 valence electrons. The number of aromatic nitrogens is 3. The van der Waals surface area contributed by atoms with Crippen molar-refractivity contribution >= 4 is 27.0 Å². The summed E-state index contributed by atoms with van der Waals surface area (Å²) in [6.07, 6.45) is 1.87. The number of benzene rings is 2. The third-order valence-corrected chi connectivity index (χ3v) is 7.64. The van der Waals surface area contributed by atoms with Crippen LogP contribution in [-0.2, 0) is 32.6 Å². The van der Waals surface area contributed by atoms with Crippen molar-refractivity contribution in [3.63, 3.8) is 0 Å². The molecule has 4 rings (SSSR count). The summed E-state index contributed by atoms with van der Waals surface area (Å²) in [4.78, 5) is 13.0. The van der Waals surface area contributed by atoms with Crippen molar-refractivity contribution in [2.75, 3.05) is 20.3 Å². The smallest absolute Gasteiger partial charge is 0.243 e. The average molecular weight is 476 g/mol. The highest BCUT2D eigenvalue weighted by Gasteiger charge is 2.37. The normalized spacial score (nSPS) is 17.3. The van der Waals surface area contributed by atoms with Gasteiger partial charge in [0.1, 0.15) is 17.4 Å². The molecule has 0 spiro atoms. The number of carbonyl (C=O) groups is 1. The Morgan fingerprint density at radius 3 is 2.76 bits per heavy atom. The molecule has 2 aromatic carbocycles. The second-order valence-corrected chi connectivity index (χ2v) is 9.82. The highest BCUT2D eigenvalue weighted by Crippen LogP contribution is 2.27. The largest absolute Gasteiger partial charge is 0.383 e. The molecule has 11 heteroatoms. The Morgan fingerprint density at radius 2 is 2.00 bits per heavy atom. The first-order valence-electron chi connectivity index (χ1n) is 10.8. The lowest BCUT2D eigenvalue weighted by Crippen LogP contribution is -2.51. The first kappa shape index (κ1) is 23.3. The number of ether oxygens (including phenoxy) is 1. The molecule has 0 radical (unpaired) electrons. The van der Waals surface area contributed by atoms with Gasteiger partial charge in [-0.3, -0.25) is 4.79 Å². The van der Waals surface area contributed by atoms with Crippen molar-refractivity contribution in [3.8, 4) is 0 Å². The highest BCUT2D eigenvalue weighted by atomic mass is 32.2. The van der Waals surface area contributed by atoms with Crippen LogP contribution in [0.1, 0.15) is 24.8 Å². The van der Waals surface area contributed by atoms with E-state index >= 15 is 0 Å². The molecule has 0 aliphatic carbocycles. The van der Waals surface area contributed by atoms with E-state index in [1.807, 2.05) is 0 Å². The van der Waals surface area contributed by atoms with E-state index in [-0.39, 0.29) is 29.7 Å². The zero-order chi connectivity index (χ0) is 23.4. The summed E-state index contributed by atoms with van der Waals surface area (Å²) in [5, 5.41) is 10.9. The van der Waals surface area contributed by atoms with Crippen LogP contribution < -0.4 is 5.32 Å². The number of sulfonamides is 1. The molecule has 1 amide bonds. The molecule has 9 nitrogen and oxygen atoms in total. The van der Waals surface area contributed by atoms with E-state index in [1.165, 1.54) is 28.6 Å². The number of amides is 1.